The highest BCUT2D eigenvalue weighted by Gasteiger charge is 2.35. The van der Waals surface area contributed by atoms with Crippen LogP contribution >= 0.6 is 0 Å². The van der Waals surface area contributed by atoms with Crippen LogP contribution in [0.2, 0.25) is 0 Å². The molecule has 2 aliphatic rings. The van der Waals surface area contributed by atoms with Crippen molar-refractivity contribution in [3.8, 4) is 0 Å². The van der Waals surface area contributed by atoms with Crippen LogP contribution in [0.25, 0.3) is 0 Å². The van der Waals surface area contributed by atoms with E-state index in [-0.39, 0.29) is 0 Å². The van der Waals surface area contributed by atoms with Crippen molar-refractivity contribution in [2.45, 2.75) is 58.3 Å². The molecule has 2 saturated heterocycles. The first-order valence-corrected chi connectivity index (χ1v) is 7.25. The van der Waals surface area contributed by atoms with Gasteiger partial charge in [0.1, 0.15) is 0 Å². The highest BCUT2D eigenvalue weighted by molar-refractivity contribution is 4.87. The third kappa shape index (κ3) is 3.94. The second-order valence-electron chi connectivity index (χ2n) is 6.15. The standard InChI is InChI=1S/C14H28N2O/c1-11(2)6-7-15-8-12(3)16-9-13-4-5-14(10-16)17-13/h11-15H,4-10H2,1-3H3. The molecule has 1 N–H and O–H groups in total. The Balaban J connectivity index is 1.64. The zero-order valence-corrected chi connectivity index (χ0v) is 11.6. The van der Waals surface area contributed by atoms with Crippen LogP contribution < -0.4 is 5.32 Å². The van der Waals surface area contributed by atoms with Gasteiger partial charge in [-0.2, -0.15) is 0 Å². The van der Waals surface area contributed by atoms with Crippen LogP contribution in [-0.2, 0) is 4.74 Å². The van der Waals surface area contributed by atoms with Gasteiger partial charge in [0.2, 0.25) is 0 Å². The Hall–Kier alpha value is -0.120. The topological polar surface area (TPSA) is 24.5 Å². The second-order valence-corrected chi connectivity index (χ2v) is 6.15. The Morgan fingerprint density at radius 1 is 1.18 bits per heavy atom. The number of fused-ring (bicyclic) bond motifs is 2. The van der Waals surface area contributed by atoms with Gasteiger partial charge in [0.15, 0.2) is 0 Å². The summed E-state index contributed by atoms with van der Waals surface area (Å²) in [5.41, 5.74) is 0. The highest BCUT2D eigenvalue weighted by Crippen LogP contribution is 2.27. The summed E-state index contributed by atoms with van der Waals surface area (Å²) in [6.45, 7) is 11.5. The molecule has 2 rings (SSSR count). The summed E-state index contributed by atoms with van der Waals surface area (Å²) in [7, 11) is 0. The van der Waals surface area contributed by atoms with Gasteiger partial charge >= 0.3 is 0 Å². The smallest absolute Gasteiger partial charge is 0.0707 e. The summed E-state index contributed by atoms with van der Waals surface area (Å²) in [5, 5.41) is 3.58. The molecule has 0 aromatic rings. The van der Waals surface area contributed by atoms with Crippen molar-refractivity contribution in [2.75, 3.05) is 26.2 Å². The number of nitrogens with one attached hydrogen (secondary N) is 1. The number of ether oxygens (including phenoxy) is 1. The van der Waals surface area contributed by atoms with Gasteiger partial charge in [0.05, 0.1) is 12.2 Å². The number of nitrogens with zero attached hydrogens (tertiary/aromatic N) is 1. The van der Waals surface area contributed by atoms with E-state index in [1.807, 2.05) is 0 Å². The van der Waals surface area contributed by atoms with E-state index in [2.05, 4.69) is 31.0 Å². The van der Waals surface area contributed by atoms with Gasteiger partial charge in [-0.3, -0.25) is 4.90 Å². The third-order valence-corrected chi connectivity index (χ3v) is 4.03. The Kier molecular flexibility index (Phi) is 4.83. The average molecular weight is 240 g/mol. The van der Waals surface area contributed by atoms with Crippen molar-refractivity contribution in [2.24, 2.45) is 5.92 Å². The van der Waals surface area contributed by atoms with Gasteiger partial charge in [-0.15, -0.1) is 0 Å². The minimum Gasteiger partial charge on any atom is -0.372 e. The monoisotopic (exact) mass is 240 g/mol. The first-order valence-electron chi connectivity index (χ1n) is 7.25. The molecule has 100 valence electrons. The van der Waals surface area contributed by atoms with Crippen LogP contribution in [0.4, 0.5) is 0 Å². The Labute approximate surface area is 106 Å². The molecule has 3 unspecified atom stereocenters. The Morgan fingerprint density at radius 3 is 2.41 bits per heavy atom. The molecule has 2 heterocycles. The summed E-state index contributed by atoms with van der Waals surface area (Å²) in [6.07, 6.45) is 4.86. The molecular weight excluding hydrogens is 212 g/mol. The van der Waals surface area contributed by atoms with Crippen LogP contribution in [0.15, 0.2) is 0 Å². The Morgan fingerprint density at radius 2 is 1.82 bits per heavy atom. The first kappa shape index (κ1) is 13.3. The van der Waals surface area contributed by atoms with Gasteiger partial charge < -0.3 is 10.1 Å². The van der Waals surface area contributed by atoms with Crippen molar-refractivity contribution in [1.82, 2.24) is 10.2 Å². The summed E-state index contributed by atoms with van der Waals surface area (Å²) >= 11 is 0. The zero-order chi connectivity index (χ0) is 12.3. The van der Waals surface area contributed by atoms with Crippen molar-refractivity contribution in [1.29, 1.82) is 0 Å². The number of hydrogen-bond acceptors (Lipinski definition) is 3. The molecule has 17 heavy (non-hydrogen) atoms. The maximum absolute atomic E-state index is 5.87. The number of rotatable bonds is 6. The number of morpholine rings is 1. The molecule has 0 amide bonds. The lowest BCUT2D eigenvalue weighted by Crippen LogP contribution is -2.50. The molecule has 3 nitrogen and oxygen atoms in total. The van der Waals surface area contributed by atoms with E-state index in [1.165, 1.54) is 19.3 Å². The summed E-state index contributed by atoms with van der Waals surface area (Å²) in [6, 6.07) is 0.647. The van der Waals surface area contributed by atoms with E-state index in [4.69, 9.17) is 4.74 Å². The predicted molar refractivity (Wildman–Crippen MR) is 71.3 cm³/mol. The van der Waals surface area contributed by atoms with Crippen molar-refractivity contribution in [3.05, 3.63) is 0 Å². The fraction of sp³-hybridized carbons (Fsp3) is 1.00. The summed E-state index contributed by atoms with van der Waals surface area (Å²) in [4.78, 5) is 2.61. The number of likely N-dealkylation sites (tertiary alicyclic amines) is 1. The minimum atomic E-state index is 0.520. The molecule has 0 aromatic carbocycles. The van der Waals surface area contributed by atoms with Crippen molar-refractivity contribution in [3.63, 3.8) is 0 Å². The fourth-order valence-corrected chi connectivity index (χ4v) is 2.84. The lowest BCUT2D eigenvalue weighted by atomic mass is 10.1. The lowest BCUT2D eigenvalue weighted by molar-refractivity contribution is -0.0500. The SMILES string of the molecule is CC(C)CCNCC(C)N1CC2CCC(C1)O2. The molecular formula is C14H28N2O. The molecule has 0 saturated carbocycles. The highest BCUT2D eigenvalue weighted by atomic mass is 16.5. The molecule has 0 aliphatic carbocycles. The van der Waals surface area contributed by atoms with E-state index in [0.717, 1.165) is 32.1 Å². The predicted octanol–water partition coefficient (Wildman–Crippen LogP) is 1.87. The van der Waals surface area contributed by atoms with E-state index in [9.17, 15) is 0 Å². The van der Waals surface area contributed by atoms with Crippen LogP contribution in [0.5, 0.6) is 0 Å². The summed E-state index contributed by atoms with van der Waals surface area (Å²) in [5.74, 6) is 0.803. The maximum Gasteiger partial charge on any atom is 0.0707 e. The van der Waals surface area contributed by atoms with Crippen molar-refractivity contribution < 1.29 is 4.74 Å². The maximum atomic E-state index is 5.87. The van der Waals surface area contributed by atoms with E-state index >= 15 is 0 Å². The normalized spacial score (nSPS) is 31.1. The lowest BCUT2D eigenvalue weighted by Gasteiger charge is -2.36. The van der Waals surface area contributed by atoms with Gasteiger partial charge in [-0.25, -0.2) is 0 Å². The fourth-order valence-electron chi connectivity index (χ4n) is 2.84. The molecule has 3 heteroatoms. The van der Waals surface area contributed by atoms with Gasteiger partial charge in [-0.1, -0.05) is 13.8 Å². The molecule has 0 radical (unpaired) electrons. The third-order valence-electron chi connectivity index (χ3n) is 4.03. The van der Waals surface area contributed by atoms with E-state index in [1.54, 1.807) is 0 Å². The van der Waals surface area contributed by atoms with Gasteiger partial charge in [0, 0.05) is 25.7 Å². The molecule has 0 aromatic heterocycles. The van der Waals surface area contributed by atoms with Crippen LogP contribution in [0, 0.1) is 5.92 Å². The molecule has 3 atom stereocenters. The second kappa shape index (κ2) is 6.17. The van der Waals surface area contributed by atoms with Crippen LogP contribution in [0.3, 0.4) is 0 Å². The molecule has 2 fully saturated rings. The van der Waals surface area contributed by atoms with E-state index in [0.29, 0.717) is 18.2 Å². The van der Waals surface area contributed by atoms with Crippen LogP contribution in [0.1, 0.15) is 40.0 Å². The van der Waals surface area contributed by atoms with Crippen LogP contribution in [-0.4, -0.2) is 49.3 Å². The quantitative estimate of drug-likeness (QED) is 0.717. The average Bonchev–Trinajstić information content (AvgIpc) is 2.63. The van der Waals surface area contributed by atoms with Gasteiger partial charge in [-0.05, 0) is 38.6 Å². The van der Waals surface area contributed by atoms with Crippen molar-refractivity contribution >= 4 is 0 Å². The minimum absolute atomic E-state index is 0.520. The first-order chi connectivity index (χ1) is 8.15. The number of hydrogen-bond donors (Lipinski definition) is 1. The molecule has 2 bridgehead atoms. The molecule has 2 aliphatic heterocycles. The zero-order valence-electron chi connectivity index (χ0n) is 11.6. The summed E-state index contributed by atoms with van der Waals surface area (Å²) < 4.78 is 5.87. The largest absolute Gasteiger partial charge is 0.372 e. The van der Waals surface area contributed by atoms with E-state index < -0.39 is 0 Å². The molecule has 0 spiro atoms. The van der Waals surface area contributed by atoms with Gasteiger partial charge in [0.25, 0.3) is 0 Å². The Bertz CT molecular complexity index is 220.